The van der Waals surface area contributed by atoms with Crippen molar-refractivity contribution >= 4 is 11.0 Å². The summed E-state index contributed by atoms with van der Waals surface area (Å²) in [7, 11) is 1.39. The van der Waals surface area contributed by atoms with E-state index >= 15 is 0 Å². The maximum Gasteiger partial charge on any atom is 0.332 e. The molecule has 0 bridgehead atoms. The third kappa shape index (κ3) is 2.61. The molecule has 0 atom stereocenters. The van der Waals surface area contributed by atoms with Crippen molar-refractivity contribution in [3.63, 3.8) is 0 Å². The average Bonchev–Trinajstić information content (AvgIpc) is 3.49. The minimum Gasteiger partial charge on any atom is -0.506 e. The van der Waals surface area contributed by atoms with E-state index in [0.717, 1.165) is 23.0 Å². The zero-order valence-electron chi connectivity index (χ0n) is 15.3. The van der Waals surface area contributed by atoms with Crippen molar-refractivity contribution in [2.45, 2.75) is 38.8 Å². The predicted molar refractivity (Wildman–Crippen MR) is 103 cm³/mol. The molecule has 0 radical (unpaired) electrons. The molecule has 1 fully saturated rings. The topological polar surface area (TPSA) is 86.2 Å². The summed E-state index contributed by atoms with van der Waals surface area (Å²) in [5.74, 6) is -0.321. The molecule has 2 aromatic heterocycles. The minimum absolute atomic E-state index is 0.0383. The van der Waals surface area contributed by atoms with Gasteiger partial charge in [0.15, 0.2) is 0 Å². The Kier molecular flexibility index (Phi) is 4.02. The van der Waals surface area contributed by atoms with Crippen LogP contribution in [0, 0.1) is 0 Å². The highest BCUT2D eigenvalue weighted by Gasteiger charge is 2.32. The van der Waals surface area contributed by atoms with Crippen LogP contribution in [0.25, 0.3) is 11.0 Å². The van der Waals surface area contributed by atoms with E-state index in [4.69, 9.17) is 0 Å². The van der Waals surface area contributed by atoms with E-state index in [1.54, 1.807) is 11.5 Å². The summed E-state index contributed by atoms with van der Waals surface area (Å²) in [6.45, 7) is 2.08. The third-order valence-corrected chi connectivity index (χ3v) is 5.20. The number of rotatable bonds is 4. The van der Waals surface area contributed by atoms with E-state index in [0.29, 0.717) is 6.54 Å². The van der Waals surface area contributed by atoms with Gasteiger partial charge in [0.1, 0.15) is 16.8 Å². The van der Waals surface area contributed by atoms with Crippen molar-refractivity contribution < 1.29 is 5.11 Å². The Balaban J connectivity index is 2.15. The lowest BCUT2D eigenvalue weighted by atomic mass is 10.0. The number of nitrogens with zero attached hydrogens (tertiary/aromatic N) is 3. The van der Waals surface area contributed by atoms with Crippen molar-refractivity contribution in [1.82, 2.24) is 13.7 Å². The van der Waals surface area contributed by atoms with Gasteiger partial charge < -0.3 is 5.11 Å². The van der Waals surface area contributed by atoms with Crippen molar-refractivity contribution in [1.29, 1.82) is 0 Å². The summed E-state index contributed by atoms with van der Waals surface area (Å²) in [4.78, 5) is 38.6. The van der Waals surface area contributed by atoms with Crippen LogP contribution in [0.5, 0.6) is 5.75 Å². The van der Waals surface area contributed by atoms with Crippen LogP contribution in [0.15, 0.2) is 44.7 Å². The zero-order chi connectivity index (χ0) is 19.3. The SMILES string of the molecule is CCn1c(=O)n(C)c(=O)c2c(O)c(Cc3ccccc3)c(=O)n(C3CC3)c21. The number of aryl methyl sites for hydroxylation is 1. The molecular formula is C20H21N3O4. The number of fused-ring (bicyclic) bond motifs is 1. The van der Waals surface area contributed by atoms with Gasteiger partial charge >= 0.3 is 5.69 Å². The molecule has 7 heteroatoms. The molecule has 1 saturated carbocycles. The summed E-state index contributed by atoms with van der Waals surface area (Å²) in [5.41, 5.74) is -0.111. The molecule has 1 N–H and O–H groups in total. The van der Waals surface area contributed by atoms with E-state index in [9.17, 15) is 19.5 Å². The molecule has 27 heavy (non-hydrogen) atoms. The minimum atomic E-state index is -0.582. The quantitative estimate of drug-likeness (QED) is 0.757. The van der Waals surface area contributed by atoms with Gasteiger partial charge in [-0.2, -0.15) is 0 Å². The van der Waals surface area contributed by atoms with Crippen LogP contribution in [0.1, 0.15) is 36.9 Å². The molecule has 1 aliphatic rings. The molecule has 0 spiro atoms. The normalized spacial score (nSPS) is 14.0. The first-order valence-corrected chi connectivity index (χ1v) is 9.09. The third-order valence-electron chi connectivity index (χ3n) is 5.20. The van der Waals surface area contributed by atoms with Crippen LogP contribution in [-0.2, 0) is 20.0 Å². The zero-order valence-corrected chi connectivity index (χ0v) is 15.3. The number of hydrogen-bond acceptors (Lipinski definition) is 4. The van der Waals surface area contributed by atoms with Crippen molar-refractivity contribution in [2.24, 2.45) is 7.05 Å². The lowest BCUT2D eigenvalue weighted by Crippen LogP contribution is -2.41. The van der Waals surface area contributed by atoms with Crippen LogP contribution >= 0.6 is 0 Å². The van der Waals surface area contributed by atoms with Crippen molar-refractivity contribution in [2.75, 3.05) is 0 Å². The Morgan fingerprint density at radius 3 is 2.33 bits per heavy atom. The van der Waals surface area contributed by atoms with Gasteiger partial charge in [0.2, 0.25) is 0 Å². The highest BCUT2D eigenvalue weighted by Crippen LogP contribution is 2.37. The molecular weight excluding hydrogens is 346 g/mol. The number of aromatic hydroxyl groups is 1. The molecule has 1 aromatic carbocycles. The molecule has 0 saturated heterocycles. The lowest BCUT2D eigenvalue weighted by molar-refractivity contribution is 0.468. The van der Waals surface area contributed by atoms with Crippen LogP contribution < -0.4 is 16.8 Å². The van der Waals surface area contributed by atoms with E-state index < -0.39 is 11.2 Å². The molecule has 0 aliphatic heterocycles. The molecule has 140 valence electrons. The summed E-state index contributed by atoms with van der Waals surface area (Å²) < 4.78 is 3.92. The molecule has 0 amide bonds. The van der Waals surface area contributed by atoms with Gasteiger partial charge in [-0.15, -0.1) is 0 Å². The van der Waals surface area contributed by atoms with Crippen LogP contribution in [0.3, 0.4) is 0 Å². The standard InChI is InChI=1S/C20H21N3O4/c1-3-22-17-15(19(26)21(2)20(22)27)16(24)14(11-12-7-5-4-6-8-12)18(25)23(17)13-9-10-13/h4-8,13,24H,3,9-11H2,1-2H3. The number of aromatic nitrogens is 3. The van der Waals surface area contributed by atoms with E-state index in [1.807, 2.05) is 30.3 Å². The Morgan fingerprint density at radius 2 is 1.74 bits per heavy atom. The second-order valence-corrected chi connectivity index (χ2v) is 6.99. The first kappa shape index (κ1) is 17.3. The fraction of sp³-hybridized carbons (Fsp3) is 0.350. The number of benzene rings is 1. The summed E-state index contributed by atoms with van der Waals surface area (Å²) in [6.07, 6.45) is 1.86. The van der Waals surface area contributed by atoms with Crippen molar-refractivity contribution in [3.8, 4) is 5.75 Å². The van der Waals surface area contributed by atoms with Gasteiger partial charge in [-0.1, -0.05) is 30.3 Å². The first-order valence-electron chi connectivity index (χ1n) is 9.09. The highest BCUT2D eigenvalue weighted by atomic mass is 16.3. The van der Waals surface area contributed by atoms with E-state index in [2.05, 4.69) is 0 Å². The van der Waals surface area contributed by atoms with Gasteiger partial charge in [0, 0.05) is 26.1 Å². The molecule has 2 heterocycles. The fourth-order valence-corrected chi connectivity index (χ4v) is 3.62. The van der Waals surface area contributed by atoms with E-state index in [1.165, 1.54) is 11.6 Å². The molecule has 0 unspecified atom stereocenters. The Bertz CT molecular complexity index is 1210. The lowest BCUT2D eigenvalue weighted by Gasteiger charge is -2.18. The predicted octanol–water partition coefficient (Wildman–Crippen LogP) is 1.51. The average molecular weight is 367 g/mol. The van der Waals surface area contributed by atoms with Crippen LogP contribution in [0.2, 0.25) is 0 Å². The van der Waals surface area contributed by atoms with Gasteiger partial charge in [0.25, 0.3) is 11.1 Å². The Hall–Kier alpha value is -3.09. The molecule has 1 aliphatic carbocycles. The summed E-state index contributed by atoms with van der Waals surface area (Å²) >= 11 is 0. The monoisotopic (exact) mass is 367 g/mol. The van der Waals surface area contributed by atoms with Crippen LogP contribution in [-0.4, -0.2) is 18.8 Å². The van der Waals surface area contributed by atoms with E-state index in [-0.39, 0.29) is 40.4 Å². The van der Waals surface area contributed by atoms with Gasteiger partial charge in [-0.3, -0.25) is 23.3 Å². The molecule has 3 aromatic rings. The fourth-order valence-electron chi connectivity index (χ4n) is 3.62. The second kappa shape index (κ2) is 6.26. The first-order chi connectivity index (χ1) is 13.0. The number of hydrogen-bond donors (Lipinski definition) is 1. The Labute approximate surface area is 154 Å². The maximum atomic E-state index is 13.2. The summed E-state index contributed by atoms with van der Waals surface area (Å²) in [6, 6.07) is 9.30. The maximum absolute atomic E-state index is 13.2. The Morgan fingerprint density at radius 1 is 1.07 bits per heavy atom. The highest BCUT2D eigenvalue weighted by molar-refractivity contribution is 5.83. The van der Waals surface area contributed by atoms with Crippen LogP contribution in [0.4, 0.5) is 0 Å². The largest absolute Gasteiger partial charge is 0.506 e. The van der Waals surface area contributed by atoms with Gasteiger partial charge in [0.05, 0.1) is 5.56 Å². The smallest absolute Gasteiger partial charge is 0.332 e. The summed E-state index contributed by atoms with van der Waals surface area (Å²) in [5, 5.41) is 10.9. The second-order valence-electron chi connectivity index (χ2n) is 6.99. The molecule has 4 rings (SSSR count). The number of pyridine rings is 1. The van der Waals surface area contributed by atoms with Gasteiger partial charge in [-0.05, 0) is 25.3 Å². The van der Waals surface area contributed by atoms with Gasteiger partial charge in [-0.25, -0.2) is 4.79 Å². The van der Waals surface area contributed by atoms with Crippen molar-refractivity contribution in [3.05, 3.63) is 72.7 Å². The molecule has 7 nitrogen and oxygen atoms in total.